The third kappa shape index (κ3) is 5.57. The molecule has 1 atom stereocenters. The summed E-state index contributed by atoms with van der Waals surface area (Å²) >= 11 is 12.2. The van der Waals surface area contributed by atoms with Gasteiger partial charge in [-0.1, -0.05) is 29.3 Å². The Morgan fingerprint density at radius 2 is 1.68 bits per heavy atom. The third-order valence-electron chi connectivity index (χ3n) is 8.24. The zero-order chi connectivity index (χ0) is 26.9. The number of benzene rings is 1. The largest absolute Gasteiger partial charge is 0.465 e. The van der Waals surface area contributed by atoms with Gasteiger partial charge in [0.25, 0.3) is 0 Å². The van der Waals surface area contributed by atoms with E-state index < -0.39 is 17.7 Å². The van der Waals surface area contributed by atoms with Crippen molar-refractivity contribution in [3.63, 3.8) is 0 Å². The van der Waals surface area contributed by atoms with Gasteiger partial charge in [-0.15, -0.1) is 0 Å². The van der Waals surface area contributed by atoms with Crippen molar-refractivity contribution in [2.24, 2.45) is 0 Å². The van der Waals surface area contributed by atoms with Crippen molar-refractivity contribution >= 4 is 40.9 Å². The lowest BCUT2D eigenvalue weighted by molar-refractivity contribution is -0.140. The van der Waals surface area contributed by atoms with Gasteiger partial charge in [-0.25, -0.2) is 4.79 Å². The van der Waals surface area contributed by atoms with E-state index in [9.17, 15) is 19.8 Å². The molecule has 1 saturated carbocycles. The zero-order valence-electron chi connectivity index (χ0n) is 21.2. The van der Waals surface area contributed by atoms with Gasteiger partial charge in [0.05, 0.1) is 15.7 Å². The smallest absolute Gasteiger partial charge is 0.408 e. The maximum absolute atomic E-state index is 13.6. The van der Waals surface area contributed by atoms with Crippen molar-refractivity contribution in [2.75, 3.05) is 50.7 Å². The Morgan fingerprint density at radius 1 is 0.947 bits per heavy atom. The number of carboxylic acid groups (broad SMARTS) is 1. The number of hydrogen-bond acceptors (Lipinski definition) is 6. The number of piperazine rings is 2. The second kappa shape index (κ2) is 11.3. The average Bonchev–Trinajstić information content (AvgIpc) is 2.95. The van der Waals surface area contributed by atoms with Crippen LogP contribution >= 0.6 is 23.2 Å². The molecule has 0 spiro atoms. The molecule has 9 nitrogen and oxygen atoms in total. The SMILES string of the molecule is O=C([C@H]1CN(C2CCC(O)(c3ccccn3)CC2)CCN1C(=O)O)N1CCN(c2ccc(Cl)c(Cl)c2)CC1. The fraction of sp³-hybridized carbons (Fsp3) is 0.519. The highest BCUT2D eigenvalue weighted by atomic mass is 35.5. The van der Waals surface area contributed by atoms with Crippen LogP contribution in [0.25, 0.3) is 0 Å². The summed E-state index contributed by atoms with van der Waals surface area (Å²) in [5.41, 5.74) is 0.705. The lowest BCUT2D eigenvalue weighted by atomic mass is 9.79. The summed E-state index contributed by atoms with van der Waals surface area (Å²) in [5.74, 6) is -0.147. The highest BCUT2D eigenvalue weighted by Gasteiger charge is 2.43. The quantitative estimate of drug-likeness (QED) is 0.588. The minimum absolute atomic E-state index is 0.147. The van der Waals surface area contributed by atoms with Gasteiger partial charge in [0.15, 0.2) is 0 Å². The lowest BCUT2D eigenvalue weighted by Gasteiger charge is -2.47. The predicted octanol–water partition coefficient (Wildman–Crippen LogP) is 3.53. The summed E-state index contributed by atoms with van der Waals surface area (Å²) in [7, 11) is 0. The number of pyridine rings is 1. The Bertz CT molecular complexity index is 1150. The minimum Gasteiger partial charge on any atom is -0.465 e. The molecule has 2 aromatic rings. The van der Waals surface area contributed by atoms with Crippen molar-refractivity contribution in [1.29, 1.82) is 0 Å². The van der Waals surface area contributed by atoms with Crippen LogP contribution in [0, 0.1) is 0 Å². The van der Waals surface area contributed by atoms with Gasteiger partial charge in [0.1, 0.15) is 11.6 Å². The van der Waals surface area contributed by atoms with Gasteiger partial charge in [0, 0.05) is 63.7 Å². The van der Waals surface area contributed by atoms with E-state index in [1.807, 2.05) is 30.3 Å². The van der Waals surface area contributed by atoms with Crippen molar-refractivity contribution in [3.05, 3.63) is 58.3 Å². The van der Waals surface area contributed by atoms with Crippen LogP contribution in [0.15, 0.2) is 42.6 Å². The maximum atomic E-state index is 13.6. The number of nitrogens with zero attached hydrogens (tertiary/aromatic N) is 5. The molecule has 11 heteroatoms. The Balaban J connectivity index is 1.21. The Labute approximate surface area is 232 Å². The summed E-state index contributed by atoms with van der Waals surface area (Å²) in [6.45, 7) is 3.49. The summed E-state index contributed by atoms with van der Waals surface area (Å²) in [4.78, 5) is 37.5. The molecule has 2 amide bonds. The zero-order valence-corrected chi connectivity index (χ0v) is 22.7. The summed E-state index contributed by atoms with van der Waals surface area (Å²) in [6, 6.07) is 10.5. The molecule has 3 fully saturated rings. The number of anilines is 1. The number of rotatable bonds is 4. The first-order valence-electron chi connectivity index (χ1n) is 13.1. The summed E-state index contributed by atoms with van der Waals surface area (Å²) in [5, 5.41) is 22.0. The Morgan fingerprint density at radius 3 is 2.32 bits per heavy atom. The Kier molecular flexibility index (Phi) is 8.00. The number of carbonyl (C=O) groups excluding carboxylic acids is 1. The number of halogens is 2. The first kappa shape index (κ1) is 27.0. The fourth-order valence-electron chi connectivity index (χ4n) is 5.99. The number of hydrogen-bond donors (Lipinski definition) is 2. The standard InChI is InChI=1S/C27H33Cl2N5O4/c28-21-5-4-20(17-22(21)29)31-11-13-32(14-12-31)25(35)23-18-33(15-16-34(23)26(36)37)19-6-8-27(38,9-7-19)24-3-1-2-10-30-24/h1-5,10,17,19,23,38H,6-9,11-16,18H2,(H,36,37)/t19?,23-,27?/m1/s1. The maximum Gasteiger partial charge on any atom is 0.408 e. The van der Waals surface area contributed by atoms with E-state index in [4.69, 9.17) is 23.2 Å². The molecule has 1 aliphatic carbocycles. The molecular formula is C27H33Cl2N5O4. The van der Waals surface area contributed by atoms with E-state index in [2.05, 4.69) is 14.8 Å². The number of aliphatic hydroxyl groups is 1. The van der Waals surface area contributed by atoms with Crippen LogP contribution < -0.4 is 4.90 Å². The van der Waals surface area contributed by atoms with Gasteiger partial charge in [-0.05, 0) is 56.0 Å². The van der Waals surface area contributed by atoms with Gasteiger partial charge >= 0.3 is 6.09 Å². The van der Waals surface area contributed by atoms with Crippen LogP contribution in [-0.2, 0) is 10.4 Å². The molecule has 3 heterocycles. The number of aromatic nitrogens is 1. The molecule has 0 bridgehead atoms. The molecule has 3 aliphatic rings. The number of amides is 2. The van der Waals surface area contributed by atoms with E-state index in [0.29, 0.717) is 67.8 Å². The van der Waals surface area contributed by atoms with Crippen molar-refractivity contribution in [2.45, 2.75) is 43.4 Å². The van der Waals surface area contributed by atoms with E-state index in [1.165, 1.54) is 4.90 Å². The molecular weight excluding hydrogens is 529 g/mol. The van der Waals surface area contributed by atoms with Crippen molar-refractivity contribution < 1.29 is 19.8 Å². The van der Waals surface area contributed by atoms with E-state index in [0.717, 1.165) is 18.5 Å². The van der Waals surface area contributed by atoms with Crippen LogP contribution in [0.5, 0.6) is 0 Å². The average molecular weight is 562 g/mol. The van der Waals surface area contributed by atoms with Crippen LogP contribution in [0.3, 0.4) is 0 Å². The molecule has 1 aromatic carbocycles. The summed E-state index contributed by atoms with van der Waals surface area (Å²) < 4.78 is 0. The van der Waals surface area contributed by atoms with Crippen LogP contribution in [0.2, 0.25) is 10.0 Å². The molecule has 0 unspecified atom stereocenters. The second-order valence-corrected chi connectivity index (χ2v) is 11.2. The van der Waals surface area contributed by atoms with E-state index in [-0.39, 0.29) is 18.5 Å². The Hall–Kier alpha value is -2.59. The number of carbonyl (C=O) groups is 2. The fourth-order valence-corrected chi connectivity index (χ4v) is 6.29. The van der Waals surface area contributed by atoms with Gasteiger partial charge in [-0.3, -0.25) is 19.6 Å². The molecule has 0 radical (unpaired) electrons. The van der Waals surface area contributed by atoms with Gasteiger partial charge < -0.3 is 20.0 Å². The first-order chi connectivity index (χ1) is 18.2. The topological polar surface area (TPSA) is 100 Å². The second-order valence-electron chi connectivity index (χ2n) is 10.4. The monoisotopic (exact) mass is 561 g/mol. The van der Waals surface area contributed by atoms with Gasteiger partial charge in [-0.2, -0.15) is 0 Å². The normalized spacial score (nSPS) is 26.9. The molecule has 38 heavy (non-hydrogen) atoms. The third-order valence-corrected chi connectivity index (χ3v) is 8.98. The van der Waals surface area contributed by atoms with Crippen LogP contribution in [-0.4, -0.2) is 99.8 Å². The highest BCUT2D eigenvalue weighted by Crippen LogP contribution is 2.38. The minimum atomic E-state index is -1.06. The first-order valence-corrected chi connectivity index (χ1v) is 13.9. The van der Waals surface area contributed by atoms with Crippen LogP contribution in [0.4, 0.5) is 10.5 Å². The lowest BCUT2D eigenvalue weighted by Crippen LogP contribution is -2.64. The predicted molar refractivity (Wildman–Crippen MR) is 146 cm³/mol. The molecule has 204 valence electrons. The summed E-state index contributed by atoms with van der Waals surface area (Å²) in [6.07, 6.45) is 3.34. The molecule has 5 rings (SSSR count). The van der Waals surface area contributed by atoms with Crippen molar-refractivity contribution in [1.82, 2.24) is 19.7 Å². The van der Waals surface area contributed by atoms with Gasteiger partial charge in [0.2, 0.25) is 5.91 Å². The molecule has 2 saturated heterocycles. The van der Waals surface area contributed by atoms with E-state index in [1.54, 1.807) is 17.2 Å². The molecule has 2 aliphatic heterocycles. The van der Waals surface area contributed by atoms with Crippen molar-refractivity contribution in [3.8, 4) is 0 Å². The highest BCUT2D eigenvalue weighted by molar-refractivity contribution is 6.42. The molecule has 2 N–H and O–H groups in total. The van der Waals surface area contributed by atoms with Crippen LogP contribution in [0.1, 0.15) is 31.4 Å². The molecule has 1 aromatic heterocycles. The van der Waals surface area contributed by atoms with E-state index >= 15 is 0 Å².